The van der Waals surface area contributed by atoms with Gasteiger partial charge in [0.1, 0.15) is 5.75 Å². The SMILES string of the molecule is OC1(CCOc2ccccc2)CC2COCC(C1)N2. The fraction of sp³-hybridized carbons (Fsp3) is 0.600. The fourth-order valence-electron chi connectivity index (χ4n) is 3.10. The van der Waals surface area contributed by atoms with Crippen molar-refractivity contribution in [2.24, 2.45) is 0 Å². The third-order valence-electron chi connectivity index (χ3n) is 3.94. The average molecular weight is 263 g/mol. The molecule has 0 radical (unpaired) electrons. The van der Waals surface area contributed by atoms with Crippen molar-refractivity contribution in [2.45, 2.75) is 36.9 Å². The molecule has 0 aromatic heterocycles. The van der Waals surface area contributed by atoms with Crippen LogP contribution >= 0.6 is 0 Å². The van der Waals surface area contributed by atoms with Crippen LogP contribution in [-0.2, 0) is 4.74 Å². The lowest BCUT2D eigenvalue weighted by atomic mass is 9.81. The first-order valence-corrected chi connectivity index (χ1v) is 6.98. The van der Waals surface area contributed by atoms with Gasteiger partial charge in [-0.1, -0.05) is 18.2 Å². The number of para-hydroxylation sites is 1. The summed E-state index contributed by atoms with van der Waals surface area (Å²) in [5.41, 5.74) is -0.612. The van der Waals surface area contributed by atoms with Gasteiger partial charge >= 0.3 is 0 Å². The summed E-state index contributed by atoms with van der Waals surface area (Å²) in [7, 11) is 0. The van der Waals surface area contributed by atoms with Crippen LogP contribution in [0.1, 0.15) is 19.3 Å². The Morgan fingerprint density at radius 2 is 1.89 bits per heavy atom. The zero-order valence-electron chi connectivity index (χ0n) is 11.0. The van der Waals surface area contributed by atoms with Crippen molar-refractivity contribution >= 4 is 0 Å². The molecule has 2 bridgehead atoms. The zero-order chi connectivity index (χ0) is 13.1. The number of aliphatic hydroxyl groups is 1. The summed E-state index contributed by atoms with van der Waals surface area (Å²) in [6.07, 6.45) is 2.18. The van der Waals surface area contributed by atoms with Crippen LogP contribution in [-0.4, -0.2) is 42.6 Å². The Morgan fingerprint density at radius 3 is 2.58 bits per heavy atom. The molecule has 0 saturated carbocycles. The van der Waals surface area contributed by atoms with Gasteiger partial charge in [0.25, 0.3) is 0 Å². The minimum atomic E-state index is -0.612. The van der Waals surface area contributed by atoms with E-state index in [2.05, 4.69) is 5.32 Å². The Kier molecular flexibility index (Phi) is 3.73. The largest absolute Gasteiger partial charge is 0.493 e. The van der Waals surface area contributed by atoms with Crippen LogP contribution in [0, 0.1) is 0 Å². The number of ether oxygens (including phenoxy) is 2. The van der Waals surface area contributed by atoms with Crippen molar-refractivity contribution < 1.29 is 14.6 Å². The number of piperidine rings is 1. The highest BCUT2D eigenvalue weighted by molar-refractivity contribution is 5.20. The summed E-state index contributed by atoms with van der Waals surface area (Å²) < 4.78 is 11.2. The summed E-state index contributed by atoms with van der Waals surface area (Å²) in [5, 5.41) is 14.2. The summed E-state index contributed by atoms with van der Waals surface area (Å²) in [4.78, 5) is 0. The Hall–Kier alpha value is -1.10. The quantitative estimate of drug-likeness (QED) is 0.860. The summed E-state index contributed by atoms with van der Waals surface area (Å²) >= 11 is 0. The molecular formula is C15H21NO3. The van der Waals surface area contributed by atoms with Gasteiger partial charge in [0.05, 0.1) is 25.4 Å². The van der Waals surface area contributed by atoms with E-state index in [9.17, 15) is 5.11 Å². The Balaban J connectivity index is 1.51. The molecule has 2 saturated heterocycles. The Labute approximate surface area is 113 Å². The molecule has 1 aromatic carbocycles. The molecule has 2 aliphatic rings. The molecule has 2 unspecified atom stereocenters. The van der Waals surface area contributed by atoms with Gasteiger partial charge in [-0.15, -0.1) is 0 Å². The molecule has 0 spiro atoms. The van der Waals surface area contributed by atoms with Crippen molar-refractivity contribution in [3.05, 3.63) is 30.3 Å². The number of benzene rings is 1. The van der Waals surface area contributed by atoms with Crippen LogP contribution < -0.4 is 10.1 Å². The van der Waals surface area contributed by atoms with Gasteiger partial charge in [-0.05, 0) is 25.0 Å². The molecule has 3 rings (SSSR count). The molecule has 2 heterocycles. The molecule has 0 amide bonds. The second kappa shape index (κ2) is 5.49. The predicted octanol–water partition coefficient (Wildman–Crippen LogP) is 1.34. The molecule has 4 nitrogen and oxygen atoms in total. The number of fused-ring (bicyclic) bond motifs is 2. The van der Waals surface area contributed by atoms with Gasteiger partial charge in [0.2, 0.25) is 0 Å². The molecule has 1 aromatic rings. The lowest BCUT2D eigenvalue weighted by Gasteiger charge is -2.45. The van der Waals surface area contributed by atoms with Crippen LogP contribution in [0.3, 0.4) is 0 Å². The van der Waals surface area contributed by atoms with Crippen LogP contribution in [0.2, 0.25) is 0 Å². The number of hydrogen-bond acceptors (Lipinski definition) is 4. The first-order valence-electron chi connectivity index (χ1n) is 6.98. The predicted molar refractivity (Wildman–Crippen MR) is 72.3 cm³/mol. The van der Waals surface area contributed by atoms with Crippen molar-refractivity contribution in [1.82, 2.24) is 5.32 Å². The third kappa shape index (κ3) is 3.26. The highest BCUT2D eigenvalue weighted by Crippen LogP contribution is 2.30. The van der Waals surface area contributed by atoms with Crippen LogP contribution in [0.5, 0.6) is 5.75 Å². The Bertz CT molecular complexity index is 397. The minimum Gasteiger partial charge on any atom is -0.493 e. The summed E-state index contributed by atoms with van der Waals surface area (Å²) in [5.74, 6) is 0.864. The van der Waals surface area contributed by atoms with E-state index in [1.165, 1.54) is 0 Å². The van der Waals surface area contributed by atoms with Crippen LogP contribution in [0.4, 0.5) is 0 Å². The van der Waals surface area contributed by atoms with Gasteiger partial charge < -0.3 is 19.9 Å². The number of hydrogen-bond donors (Lipinski definition) is 2. The molecule has 2 N–H and O–H groups in total. The molecule has 104 valence electrons. The monoisotopic (exact) mass is 263 g/mol. The standard InChI is InChI=1S/C15H21NO3/c17-15(6-7-19-14-4-2-1-3-5-14)8-12-10-18-11-13(9-15)16-12/h1-5,12-13,16-17H,6-11H2. The van der Waals surface area contributed by atoms with Crippen LogP contribution in [0.15, 0.2) is 30.3 Å². The molecule has 2 atom stereocenters. The lowest BCUT2D eigenvalue weighted by molar-refractivity contribution is -0.0839. The maximum Gasteiger partial charge on any atom is 0.119 e. The maximum absolute atomic E-state index is 10.7. The van der Waals surface area contributed by atoms with E-state index in [0.717, 1.165) is 18.6 Å². The van der Waals surface area contributed by atoms with E-state index in [1.54, 1.807) is 0 Å². The second-order valence-corrected chi connectivity index (χ2v) is 5.64. The maximum atomic E-state index is 10.7. The number of rotatable bonds is 4. The molecule has 4 heteroatoms. The van der Waals surface area contributed by atoms with Crippen molar-refractivity contribution in [2.75, 3.05) is 19.8 Å². The molecule has 19 heavy (non-hydrogen) atoms. The van der Waals surface area contributed by atoms with Crippen molar-refractivity contribution in [3.63, 3.8) is 0 Å². The zero-order valence-corrected chi connectivity index (χ0v) is 11.0. The van der Waals surface area contributed by atoms with E-state index in [4.69, 9.17) is 9.47 Å². The van der Waals surface area contributed by atoms with E-state index < -0.39 is 5.60 Å². The molecule has 2 fully saturated rings. The van der Waals surface area contributed by atoms with E-state index in [0.29, 0.717) is 26.2 Å². The fourth-order valence-corrected chi connectivity index (χ4v) is 3.10. The smallest absolute Gasteiger partial charge is 0.119 e. The second-order valence-electron chi connectivity index (χ2n) is 5.64. The normalized spacial score (nSPS) is 33.9. The molecule has 2 aliphatic heterocycles. The highest BCUT2D eigenvalue weighted by atomic mass is 16.5. The first-order chi connectivity index (χ1) is 9.23. The first kappa shape index (κ1) is 12.9. The van der Waals surface area contributed by atoms with Crippen molar-refractivity contribution in [3.8, 4) is 5.75 Å². The van der Waals surface area contributed by atoms with Gasteiger partial charge in [-0.25, -0.2) is 0 Å². The van der Waals surface area contributed by atoms with Crippen molar-refractivity contribution in [1.29, 1.82) is 0 Å². The van der Waals surface area contributed by atoms with Gasteiger partial charge in [0, 0.05) is 18.5 Å². The highest BCUT2D eigenvalue weighted by Gasteiger charge is 2.40. The lowest BCUT2D eigenvalue weighted by Crippen LogP contribution is -2.60. The summed E-state index contributed by atoms with van der Waals surface area (Å²) in [6.45, 7) is 1.97. The number of nitrogens with one attached hydrogen (secondary N) is 1. The average Bonchev–Trinajstić information content (AvgIpc) is 2.39. The van der Waals surface area contributed by atoms with Crippen LogP contribution in [0.25, 0.3) is 0 Å². The van der Waals surface area contributed by atoms with E-state index in [-0.39, 0.29) is 12.1 Å². The van der Waals surface area contributed by atoms with E-state index in [1.807, 2.05) is 30.3 Å². The topological polar surface area (TPSA) is 50.7 Å². The Morgan fingerprint density at radius 1 is 1.21 bits per heavy atom. The van der Waals surface area contributed by atoms with Gasteiger partial charge in [-0.3, -0.25) is 0 Å². The minimum absolute atomic E-state index is 0.286. The van der Waals surface area contributed by atoms with E-state index >= 15 is 0 Å². The number of morpholine rings is 1. The third-order valence-corrected chi connectivity index (χ3v) is 3.94. The van der Waals surface area contributed by atoms with Gasteiger partial charge in [0.15, 0.2) is 0 Å². The molecule has 0 aliphatic carbocycles. The summed E-state index contributed by atoms with van der Waals surface area (Å²) in [6, 6.07) is 10.3. The molecular weight excluding hydrogens is 242 g/mol. The van der Waals surface area contributed by atoms with Gasteiger partial charge in [-0.2, -0.15) is 0 Å².